The SMILES string of the molecule is O=C(NNS(=O)(=O)c1ccc(O)c([N+](=O)[O-])c1)c1ccccn1. The van der Waals surface area contributed by atoms with E-state index in [2.05, 4.69) is 4.98 Å². The molecule has 0 bridgehead atoms. The lowest BCUT2D eigenvalue weighted by Crippen LogP contribution is -2.41. The predicted octanol–water partition coefficient (Wildman–Crippen LogP) is 0.319. The van der Waals surface area contributed by atoms with Gasteiger partial charge in [0.2, 0.25) is 0 Å². The summed E-state index contributed by atoms with van der Waals surface area (Å²) in [4.78, 5) is 26.5. The minimum atomic E-state index is -4.26. The van der Waals surface area contributed by atoms with E-state index >= 15 is 0 Å². The Morgan fingerprint density at radius 3 is 2.61 bits per heavy atom. The van der Waals surface area contributed by atoms with Crippen molar-refractivity contribution < 1.29 is 23.2 Å². The number of hydrazine groups is 1. The average molecular weight is 338 g/mol. The largest absolute Gasteiger partial charge is 0.502 e. The van der Waals surface area contributed by atoms with Crippen LogP contribution in [0, 0.1) is 10.1 Å². The number of phenols is 1. The van der Waals surface area contributed by atoms with Crippen LogP contribution in [0.3, 0.4) is 0 Å². The van der Waals surface area contributed by atoms with E-state index in [1.54, 1.807) is 17.0 Å². The molecule has 0 unspecified atom stereocenters. The summed E-state index contributed by atoms with van der Waals surface area (Å²) in [5.74, 6) is -1.48. The van der Waals surface area contributed by atoms with Crippen molar-refractivity contribution in [3.63, 3.8) is 0 Å². The maximum Gasteiger partial charge on any atom is 0.312 e. The number of hydrogen-bond donors (Lipinski definition) is 3. The number of nitro benzene ring substituents is 1. The van der Waals surface area contributed by atoms with E-state index in [4.69, 9.17) is 0 Å². The number of pyridine rings is 1. The third kappa shape index (κ3) is 3.78. The van der Waals surface area contributed by atoms with E-state index in [9.17, 15) is 28.4 Å². The van der Waals surface area contributed by atoms with Gasteiger partial charge in [-0.1, -0.05) is 6.07 Å². The molecule has 0 atom stereocenters. The molecule has 1 aromatic carbocycles. The predicted molar refractivity (Wildman–Crippen MR) is 76.8 cm³/mol. The maximum atomic E-state index is 12.0. The van der Waals surface area contributed by atoms with Crippen LogP contribution < -0.4 is 10.3 Å². The molecule has 0 saturated carbocycles. The average Bonchev–Trinajstić information content (AvgIpc) is 2.53. The van der Waals surface area contributed by atoms with Crippen LogP contribution >= 0.6 is 0 Å². The first-order valence-electron chi connectivity index (χ1n) is 6.02. The third-order valence-corrected chi connectivity index (χ3v) is 3.90. The molecule has 0 fully saturated rings. The highest BCUT2D eigenvalue weighted by molar-refractivity contribution is 7.89. The minimum Gasteiger partial charge on any atom is -0.502 e. The van der Waals surface area contributed by atoms with E-state index in [0.717, 1.165) is 12.1 Å². The summed E-state index contributed by atoms with van der Waals surface area (Å²) in [6.07, 6.45) is 1.35. The highest BCUT2D eigenvalue weighted by atomic mass is 32.2. The number of nitrogens with one attached hydrogen (secondary N) is 2. The molecule has 0 saturated heterocycles. The summed E-state index contributed by atoms with van der Waals surface area (Å²) in [6, 6.07) is 6.99. The van der Waals surface area contributed by atoms with Crippen LogP contribution in [0.1, 0.15) is 10.5 Å². The number of sulfonamides is 1. The lowest BCUT2D eigenvalue weighted by Gasteiger charge is -2.08. The summed E-state index contributed by atoms with van der Waals surface area (Å²) >= 11 is 0. The van der Waals surface area contributed by atoms with E-state index in [1.165, 1.54) is 12.3 Å². The van der Waals surface area contributed by atoms with Crippen molar-refractivity contribution >= 4 is 21.6 Å². The second kappa shape index (κ2) is 6.37. The van der Waals surface area contributed by atoms with Crippen molar-refractivity contribution in [1.82, 2.24) is 15.2 Å². The molecule has 0 radical (unpaired) electrons. The Labute approximate surface area is 130 Å². The van der Waals surface area contributed by atoms with Gasteiger partial charge in [0.1, 0.15) is 5.69 Å². The number of benzene rings is 1. The standard InChI is InChI=1S/C12H10N4O6S/c17-11-5-4-8(7-10(11)16(19)20)23(21,22)15-14-12(18)9-3-1-2-6-13-9/h1-7,15,17H,(H,14,18). The Morgan fingerprint density at radius 1 is 1.26 bits per heavy atom. The van der Waals surface area contributed by atoms with Crippen LogP contribution in [-0.2, 0) is 10.0 Å². The summed E-state index contributed by atoms with van der Waals surface area (Å²) in [6.45, 7) is 0. The first-order valence-corrected chi connectivity index (χ1v) is 7.50. The molecule has 1 heterocycles. The van der Waals surface area contributed by atoms with Gasteiger partial charge in [0.15, 0.2) is 5.75 Å². The molecule has 0 spiro atoms. The zero-order chi connectivity index (χ0) is 17.0. The summed E-state index contributed by atoms with van der Waals surface area (Å²) < 4.78 is 24.0. The normalized spacial score (nSPS) is 11.0. The van der Waals surface area contributed by atoms with Crippen molar-refractivity contribution in [2.24, 2.45) is 0 Å². The van der Waals surface area contributed by atoms with Gasteiger partial charge in [0.25, 0.3) is 15.9 Å². The Bertz CT molecular complexity index is 853. The molecule has 10 nitrogen and oxygen atoms in total. The van der Waals surface area contributed by atoms with Crippen LogP contribution in [0.5, 0.6) is 5.75 Å². The molecular weight excluding hydrogens is 328 g/mol. The van der Waals surface area contributed by atoms with Crippen LogP contribution in [0.2, 0.25) is 0 Å². The van der Waals surface area contributed by atoms with Crippen molar-refractivity contribution in [1.29, 1.82) is 0 Å². The van der Waals surface area contributed by atoms with Gasteiger partial charge in [-0.15, -0.1) is 4.83 Å². The molecule has 0 aliphatic heterocycles. The molecular formula is C12H10N4O6S. The van der Waals surface area contributed by atoms with Gasteiger partial charge in [-0.05, 0) is 24.3 Å². The number of nitro groups is 1. The quantitative estimate of drug-likeness (QED) is 0.524. The fourth-order valence-corrected chi connectivity index (χ4v) is 2.41. The molecule has 0 aliphatic carbocycles. The van der Waals surface area contributed by atoms with Gasteiger partial charge in [-0.3, -0.25) is 25.3 Å². The zero-order valence-corrected chi connectivity index (χ0v) is 12.1. The first kappa shape index (κ1) is 16.3. The molecule has 11 heteroatoms. The fraction of sp³-hybridized carbons (Fsp3) is 0. The topological polar surface area (TPSA) is 152 Å². The molecule has 120 valence electrons. The minimum absolute atomic E-state index is 0.0214. The Balaban J connectivity index is 2.18. The fourth-order valence-electron chi connectivity index (χ4n) is 1.55. The van der Waals surface area contributed by atoms with Crippen LogP contribution in [-0.4, -0.2) is 29.3 Å². The number of hydrogen-bond acceptors (Lipinski definition) is 7. The molecule has 2 rings (SSSR count). The summed E-state index contributed by atoms with van der Waals surface area (Å²) in [5.41, 5.74) is 1.13. The van der Waals surface area contributed by atoms with Gasteiger partial charge >= 0.3 is 5.69 Å². The van der Waals surface area contributed by atoms with E-state index in [-0.39, 0.29) is 5.69 Å². The Kier molecular flexibility index (Phi) is 4.52. The van der Waals surface area contributed by atoms with Crippen LogP contribution in [0.25, 0.3) is 0 Å². The van der Waals surface area contributed by atoms with Gasteiger partial charge in [0, 0.05) is 12.3 Å². The summed E-state index contributed by atoms with van der Waals surface area (Å²) in [7, 11) is -4.26. The number of nitrogens with zero attached hydrogens (tertiary/aromatic N) is 2. The molecule has 1 aromatic heterocycles. The van der Waals surface area contributed by atoms with Crippen molar-refractivity contribution in [3.05, 3.63) is 58.4 Å². The second-order valence-electron chi connectivity index (χ2n) is 4.18. The number of carbonyl (C=O) groups is 1. The maximum absolute atomic E-state index is 12.0. The Hall–Kier alpha value is -3.05. The van der Waals surface area contributed by atoms with E-state index in [1.807, 2.05) is 5.43 Å². The number of rotatable bonds is 5. The van der Waals surface area contributed by atoms with Crippen molar-refractivity contribution in [3.8, 4) is 5.75 Å². The van der Waals surface area contributed by atoms with Crippen LogP contribution in [0.4, 0.5) is 5.69 Å². The van der Waals surface area contributed by atoms with Gasteiger partial charge < -0.3 is 5.11 Å². The van der Waals surface area contributed by atoms with Gasteiger partial charge in [-0.2, -0.15) is 0 Å². The number of aromatic hydroxyl groups is 1. The highest BCUT2D eigenvalue weighted by Crippen LogP contribution is 2.27. The number of carbonyl (C=O) groups excluding carboxylic acids is 1. The Morgan fingerprint density at radius 2 is 2.00 bits per heavy atom. The number of amides is 1. The number of aromatic nitrogens is 1. The highest BCUT2D eigenvalue weighted by Gasteiger charge is 2.22. The zero-order valence-electron chi connectivity index (χ0n) is 11.3. The second-order valence-corrected chi connectivity index (χ2v) is 5.86. The molecule has 0 aliphatic rings. The van der Waals surface area contributed by atoms with E-state index in [0.29, 0.717) is 6.07 Å². The smallest absolute Gasteiger partial charge is 0.312 e. The molecule has 3 N–H and O–H groups in total. The van der Waals surface area contributed by atoms with Crippen molar-refractivity contribution in [2.45, 2.75) is 4.90 Å². The van der Waals surface area contributed by atoms with E-state index < -0.39 is 37.2 Å². The lowest BCUT2D eigenvalue weighted by atomic mass is 10.3. The monoisotopic (exact) mass is 338 g/mol. The third-order valence-electron chi connectivity index (χ3n) is 2.65. The lowest BCUT2D eigenvalue weighted by molar-refractivity contribution is -0.386. The number of phenolic OH excluding ortho intramolecular Hbond substituents is 1. The molecule has 23 heavy (non-hydrogen) atoms. The first-order chi connectivity index (χ1) is 10.8. The molecule has 1 amide bonds. The van der Waals surface area contributed by atoms with Gasteiger partial charge in [-0.25, -0.2) is 8.42 Å². The summed E-state index contributed by atoms with van der Waals surface area (Å²) in [5, 5.41) is 20.0. The molecule has 2 aromatic rings. The van der Waals surface area contributed by atoms with Crippen LogP contribution in [0.15, 0.2) is 47.5 Å². The van der Waals surface area contributed by atoms with Gasteiger partial charge in [0.05, 0.1) is 9.82 Å². The van der Waals surface area contributed by atoms with Crippen molar-refractivity contribution in [2.75, 3.05) is 0 Å².